The van der Waals surface area contributed by atoms with E-state index >= 15 is 4.39 Å². The molecule has 0 saturated carbocycles. The number of nitrogens with one attached hydrogen (secondary N) is 1. The molecule has 0 heterocycles. The van der Waals surface area contributed by atoms with Crippen LogP contribution >= 0.6 is 0 Å². The number of hydrogen-bond donors (Lipinski definition) is 1. The van der Waals surface area contributed by atoms with Crippen LogP contribution in [-0.4, -0.2) is 58.5 Å². The van der Waals surface area contributed by atoms with Gasteiger partial charge in [-0.05, 0) is 42.3 Å². The van der Waals surface area contributed by atoms with Crippen molar-refractivity contribution >= 4 is 27.5 Å². The second-order valence-electron chi connectivity index (χ2n) is 10.8. The lowest BCUT2D eigenvalue weighted by Crippen LogP contribution is -2.53. The number of methoxy groups -OCH3 is 2. The molecule has 0 saturated heterocycles. The molecule has 1 unspecified atom stereocenters. The number of ether oxygens (including phenoxy) is 2. The summed E-state index contributed by atoms with van der Waals surface area (Å²) in [6.45, 7) is 1.38. The third-order valence-electron chi connectivity index (χ3n) is 7.66. The van der Waals surface area contributed by atoms with Gasteiger partial charge in [0.15, 0.2) is 0 Å². The molecule has 2 amide bonds. The molecule has 1 N–H and O–H groups in total. The van der Waals surface area contributed by atoms with Crippen LogP contribution < -0.4 is 19.1 Å². The molecule has 0 aromatic heterocycles. The van der Waals surface area contributed by atoms with Gasteiger partial charge in [0.25, 0.3) is 10.0 Å². The summed E-state index contributed by atoms with van der Waals surface area (Å²) >= 11 is 0. The normalized spacial score (nSPS) is 11.7. The zero-order chi connectivity index (χ0) is 33.8. The Labute approximate surface area is 276 Å². The van der Waals surface area contributed by atoms with E-state index in [9.17, 15) is 18.0 Å². The zero-order valence-corrected chi connectivity index (χ0v) is 27.6. The van der Waals surface area contributed by atoms with E-state index in [4.69, 9.17) is 9.47 Å². The summed E-state index contributed by atoms with van der Waals surface area (Å²) < 4.78 is 55.5. The highest BCUT2D eigenvalue weighted by Gasteiger charge is 2.36. The first-order valence-corrected chi connectivity index (χ1v) is 16.8. The number of nitrogens with zero attached hydrogens (tertiary/aromatic N) is 2. The molecule has 47 heavy (non-hydrogen) atoms. The number of hydrogen-bond acceptors (Lipinski definition) is 6. The zero-order valence-electron chi connectivity index (χ0n) is 26.8. The largest absolute Gasteiger partial charge is 0.497 e. The van der Waals surface area contributed by atoms with Crippen molar-refractivity contribution < 1.29 is 31.9 Å². The summed E-state index contributed by atoms with van der Waals surface area (Å²) in [6.07, 6.45) is 1.69. The summed E-state index contributed by atoms with van der Waals surface area (Å²) in [6, 6.07) is 26.4. The van der Waals surface area contributed by atoms with E-state index in [0.717, 1.165) is 22.7 Å². The molecule has 0 bridgehead atoms. The lowest BCUT2D eigenvalue weighted by Gasteiger charge is -2.34. The third-order valence-corrected chi connectivity index (χ3v) is 9.44. The van der Waals surface area contributed by atoms with Crippen molar-refractivity contribution in [3.8, 4) is 11.5 Å². The number of unbranched alkanes of at least 4 members (excludes halogenated alkanes) is 1. The minimum absolute atomic E-state index is 0.0573. The minimum Gasteiger partial charge on any atom is -0.497 e. The topological polar surface area (TPSA) is 105 Å². The van der Waals surface area contributed by atoms with Gasteiger partial charge >= 0.3 is 0 Å². The number of benzene rings is 4. The van der Waals surface area contributed by atoms with Crippen LogP contribution in [0.15, 0.2) is 108 Å². The molecule has 0 aliphatic carbocycles. The summed E-state index contributed by atoms with van der Waals surface area (Å²) in [4.78, 5) is 29.6. The highest BCUT2D eigenvalue weighted by Crippen LogP contribution is 2.36. The number of carbonyl (C=O) groups is 2. The molecule has 4 rings (SSSR count). The standard InChI is InChI=1S/C36H40FN3O6S/c1-4-5-22-38-36(42)33(23-27-14-8-6-9-15-27)39(25-28-16-12-13-19-31(28)37)35(41)26-40(47(43,44)30-17-10-7-11-18-30)32-24-29(45-2)20-21-34(32)46-3/h6-21,24,33H,4-5,22-23,25-26H2,1-3H3,(H,38,42). The molecule has 11 heteroatoms. The first-order valence-electron chi connectivity index (χ1n) is 15.3. The van der Waals surface area contributed by atoms with Crippen LogP contribution in [0.1, 0.15) is 30.9 Å². The van der Waals surface area contributed by atoms with Crippen molar-refractivity contribution in [2.45, 2.75) is 43.7 Å². The number of halogens is 1. The number of carbonyl (C=O) groups excluding carboxylic acids is 2. The fourth-order valence-electron chi connectivity index (χ4n) is 5.09. The Balaban J connectivity index is 1.85. The van der Waals surface area contributed by atoms with Gasteiger partial charge in [-0.15, -0.1) is 0 Å². The molecule has 0 aliphatic heterocycles. The number of rotatable bonds is 16. The summed E-state index contributed by atoms with van der Waals surface area (Å²) in [5.74, 6) is -1.19. The van der Waals surface area contributed by atoms with Gasteiger partial charge in [-0.1, -0.05) is 80.1 Å². The van der Waals surface area contributed by atoms with Crippen molar-refractivity contribution in [3.05, 3.63) is 120 Å². The van der Waals surface area contributed by atoms with Gasteiger partial charge in [0.1, 0.15) is 29.9 Å². The highest BCUT2D eigenvalue weighted by molar-refractivity contribution is 7.92. The van der Waals surface area contributed by atoms with E-state index in [1.165, 1.54) is 55.5 Å². The lowest BCUT2D eigenvalue weighted by molar-refractivity contribution is -0.140. The van der Waals surface area contributed by atoms with Crippen molar-refractivity contribution in [1.82, 2.24) is 10.2 Å². The summed E-state index contributed by atoms with van der Waals surface area (Å²) in [7, 11) is -1.54. The summed E-state index contributed by atoms with van der Waals surface area (Å²) in [5, 5.41) is 2.92. The maximum atomic E-state index is 15.1. The molecular weight excluding hydrogens is 621 g/mol. The van der Waals surface area contributed by atoms with Crippen LogP contribution in [0, 0.1) is 5.82 Å². The molecule has 0 fully saturated rings. The summed E-state index contributed by atoms with van der Waals surface area (Å²) in [5.41, 5.74) is 1.01. The Morgan fingerprint density at radius 3 is 2.17 bits per heavy atom. The second kappa shape index (κ2) is 16.6. The van der Waals surface area contributed by atoms with Crippen LogP contribution in [0.5, 0.6) is 11.5 Å². The van der Waals surface area contributed by atoms with Gasteiger partial charge in [-0.3, -0.25) is 13.9 Å². The second-order valence-corrected chi connectivity index (χ2v) is 12.7. The van der Waals surface area contributed by atoms with E-state index in [1.807, 2.05) is 37.3 Å². The fraction of sp³-hybridized carbons (Fsp3) is 0.278. The van der Waals surface area contributed by atoms with Gasteiger partial charge in [-0.2, -0.15) is 0 Å². The van der Waals surface area contributed by atoms with Gasteiger partial charge in [-0.25, -0.2) is 12.8 Å². The van der Waals surface area contributed by atoms with E-state index < -0.39 is 40.2 Å². The van der Waals surface area contributed by atoms with Crippen LogP contribution in [0.4, 0.5) is 10.1 Å². The van der Waals surface area contributed by atoms with Crippen LogP contribution in [0.3, 0.4) is 0 Å². The first kappa shape index (κ1) is 35.0. The van der Waals surface area contributed by atoms with Crippen LogP contribution in [-0.2, 0) is 32.6 Å². The number of sulfonamides is 1. The Kier molecular flexibility index (Phi) is 12.3. The third kappa shape index (κ3) is 8.88. The van der Waals surface area contributed by atoms with Gasteiger partial charge in [0.2, 0.25) is 11.8 Å². The molecule has 1 atom stereocenters. The average Bonchev–Trinajstić information content (AvgIpc) is 3.09. The molecular formula is C36H40FN3O6S. The van der Waals surface area contributed by atoms with E-state index in [2.05, 4.69) is 5.32 Å². The predicted octanol–water partition coefficient (Wildman–Crippen LogP) is 5.59. The van der Waals surface area contributed by atoms with Crippen LogP contribution in [0.2, 0.25) is 0 Å². The number of amides is 2. The highest BCUT2D eigenvalue weighted by atomic mass is 32.2. The Hall–Kier alpha value is -4.90. The SMILES string of the molecule is CCCCNC(=O)C(Cc1ccccc1)N(Cc1ccccc1F)C(=O)CN(c1cc(OC)ccc1OC)S(=O)(=O)c1ccccc1. The van der Waals surface area contributed by atoms with E-state index in [-0.39, 0.29) is 34.9 Å². The fourth-order valence-corrected chi connectivity index (χ4v) is 6.53. The average molecular weight is 662 g/mol. The Morgan fingerprint density at radius 2 is 1.53 bits per heavy atom. The quantitative estimate of drug-likeness (QED) is 0.157. The lowest BCUT2D eigenvalue weighted by atomic mass is 10.0. The van der Waals surface area contributed by atoms with Crippen molar-refractivity contribution in [2.75, 3.05) is 31.6 Å². The smallest absolute Gasteiger partial charge is 0.264 e. The Morgan fingerprint density at radius 1 is 0.872 bits per heavy atom. The van der Waals surface area contributed by atoms with Crippen LogP contribution in [0.25, 0.3) is 0 Å². The van der Waals surface area contributed by atoms with Crippen molar-refractivity contribution in [3.63, 3.8) is 0 Å². The number of anilines is 1. The first-order chi connectivity index (χ1) is 22.7. The van der Waals surface area contributed by atoms with Crippen molar-refractivity contribution in [1.29, 1.82) is 0 Å². The molecule has 9 nitrogen and oxygen atoms in total. The maximum Gasteiger partial charge on any atom is 0.264 e. The molecule has 0 aliphatic rings. The molecule has 4 aromatic rings. The molecule has 0 radical (unpaired) electrons. The molecule has 4 aromatic carbocycles. The molecule has 0 spiro atoms. The van der Waals surface area contributed by atoms with E-state index in [1.54, 1.807) is 36.4 Å². The van der Waals surface area contributed by atoms with Gasteiger partial charge in [0.05, 0.1) is 24.8 Å². The van der Waals surface area contributed by atoms with E-state index in [0.29, 0.717) is 12.3 Å². The molecule has 248 valence electrons. The van der Waals surface area contributed by atoms with Gasteiger partial charge in [0, 0.05) is 31.1 Å². The predicted molar refractivity (Wildman–Crippen MR) is 179 cm³/mol. The van der Waals surface area contributed by atoms with Crippen molar-refractivity contribution in [2.24, 2.45) is 0 Å². The maximum absolute atomic E-state index is 15.1. The Bertz CT molecular complexity index is 1740. The van der Waals surface area contributed by atoms with Gasteiger partial charge < -0.3 is 19.7 Å². The monoisotopic (exact) mass is 661 g/mol. The minimum atomic E-state index is -4.37.